The van der Waals surface area contributed by atoms with Gasteiger partial charge in [-0.2, -0.15) is 15.5 Å². The van der Waals surface area contributed by atoms with Crippen molar-refractivity contribution in [3.63, 3.8) is 0 Å². The quantitative estimate of drug-likeness (QED) is 0.645. The van der Waals surface area contributed by atoms with E-state index in [1.54, 1.807) is 10.6 Å². The fourth-order valence-electron chi connectivity index (χ4n) is 2.61. The van der Waals surface area contributed by atoms with Gasteiger partial charge in [-0.1, -0.05) is 18.5 Å². The summed E-state index contributed by atoms with van der Waals surface area (Å²) in [5, 5.41) is 27.2. The predicted molar refractivity (Wildman–Crippen MR) is 101 cm³/mol. The lowest BCUT2D eigenvalue weighted by Gasteiger charge is -2.21. The third-order valence-corrected chi connectivity index (χ3v) is 4.22. The molecule has 134 valence electrons. The molecule has 8 heteroatoms. The third-order valence-electron chi connectivity index (χ3n) is 3.91. The van der Waals surface area contributed by atoms with E-state index in [4.69, 9.17) is 16.9 Å². The van der Waals surface area contributed by atoms with Crippen LogP contribution < -0.4 is 4.90 Å². The molecule has 0 fully saturated rings. The van der Waals surface area contributed by atoms with Crippen molar-refractivity contribution < 1.29 is 0 Å². The average molecular weight is 370 g/mol. The maximum atomic E-state index is 9.27. The van der Waals surface area contributed by atoms with E-state index in [2.05, 4.69) is 34.0 Å². The lowest BCUT2D eigenvalue weighted by atomic mass is 10.2. The normalized spacial score (nSPS) is 10.7. The Labute approximate surface area is 158 Å². The van der Waals surface area contributed by atoms with Crippen molar-refractivity contribution in [2.24, 2.45) is 10.2 Å². The molecule has 0 aliphatic heterocycles. The van der Waals surface area contributed by atoms with Crippen LogP contribution >= 0.6 is 11.6 Å². The number of anilines is 1. The molecular weight excluding hydrogens is 350 g/mol. The molecular formula is C18H20ClN7. The Hall–Kier alpha value is -2.90. The maximum absolute atomic E-state index is 9.27. The largest absolute Gasteiger partial charge is 0.372 e. The van der Waals surface area contributed by atoms with Crippen LogP contribution in [0.2, 0.25) is 5.02 Å². The first-order chi connectivity index (χ1) is 12.6. The number of aromatic nitrogens is 2. The molecule has 0 aliphatic carbocycles. The summed E-state index contributed by atoms with van der Waals surface area (Å²) in [5.74, 6) is 0.226. The molecule has 2 rings (SSSR count). The molecule has 0 spiro atoms. The molecule has 0 saturated carbocycles. The highest BCUT2D eigenvalue weighted by Gasteiger charge is 2.16. The van der Waals surface area contributed by atoms with Crippen LogP contribution in [0.5, 0.6) is 0 Å². The topological polar surface area (TPSA) is 93.4 Å². The van der Waals surface area contributed by atoms with E-state index in [1.165, 1.54) is 0 Å². The van der Waals surface area contributed by atoms with Gasteiger partial charge < -0.3 is 4.90 Å². The zero-order chi connectivity index (χ0) is 19.1. The van der Waals surface area contributed by atoms with Crippen LogP contribution in [-0.4, -0.2) is 22.6 Å². The van der Waals surface area contributed by atoms with Gasteiger partial charge in [-0.25, -0.2) is 0 Å². The number of hydrogen-bond acceptors (Lipinski definition) is 6. The second-order valence-electron chi connectivity index (χ2n) is 5.49. The Morgan fingerprint density at radius 2 is 1.88 bits per heavy atom. The van der Waals surface area contributed by atoms with Crippen LogP contribution in [-0.2, 0) is 6.54 Å². The zero-order valence-electron chi connectivity index (χ0n) is 15.1. The molecule has 0 unspecified atom stereocenters. The highest BCUT2D eigenvalue weighted by Crippen LogP contribution is 2.31. The molecule has 26 heavy (non-hydrogen) atoms. The van der Waals surface area contributed by atoms with Gasteiger partial charge in [0.15, 0.2) is 11.4 Å². The molecule has 1 aromatic heterocycles. The maximum Gasteiger partial charge on any atom is 0.251 e. The first kappa shape index (κ1) is 19.4. The Morgan fingerprint density at radius 3 is 2.42 bits per heavy atom. The number of nitrogens with zero attached hydrogens (tertiary/aromatic N) is 7. The lowest BCUT2D eigenvalue weighted by Crippen LogP contribution is -2.21. The molecule has 0 radical (unpaired) electrons. The van der Waals surface area contributed by atoms with Crippen molar-refractivity contribution in [1.82, 2.24) is 9.55 Å². The van der Waals surface area contributed by atoms with Crippen LogP contribution in [0.3, 0.4) is 0 Å². The Bertz CT molecular complexity index is 882. The second kappa shape index (κ2) is 8.98. The van der Waals surface area contributed by atoms with Gasteiger partial charge >= 0.3 is 0 Å². The zero-order valence-corrected chi connectivity index (χ0v) is 15.8. The van der Waals surface area contributed by atoms with Crippen LogP contribution in [0.15, 0.2) is 28.4 Å². The van der Waals surface area contributed by atoms with E-state index in [1.807, 2.05) is 31.2 Å². The molecule has 1 aromatic carbocycles. The number of imidazole rings is 1. The lowest BCUT2D eigenvalue weighted by molar-refractivity contribution is 0.671. The summed E-state index contributed by atoms with van der Waals surface area (Å²) in [6.45, 7) is 8.43. The Morgan fingerprint density at radius 1 is 1.15 bits per heavy atom. The number of hydrogen-bond donors (Lipinski definition) is 0. The van der Waals surface area contributed by atoms with Gasteiger partial charge in [0.2, 0.25) is 0 Å². The summed E-state index contributed by atoms with van der Waals surface area (Å²) in [5.41, 5.74) is 1.78. The van der Waals surface area contributed by atoms with Crippen LogP contribution in [0.1, 0.15) is 38.6 Å². The molecule has 0 N–H and O–H groups in total. The number of azo groups is 1. The fraction of sp³-hybridized carbons (Fsp3) is 0.389. The van der Waals surface area contributed by atoms with Crippen molar-refractivity contribution in [3.05, 3.63) is 34.6 Å². The third kappa shape index (κ3) is 4.01. The SMILES string of the molecule is CCCn1c(N=Nc2ccc(N(CC)CC)cc2Cl)nc(C#N)c1C#N. The number of halogens is 1. The van der Waals surface area contributed by atoms with Gasteiger partial charge in [-0.3, -0.25) is 4.57 Å². The first-order valence-corrected chi connectivity index (χ1v) is 8.84. The second-order valence-corrected chi connectivity index (χ2v) is 5.90. The minimum atomic E-state index is 0.0536. The van der Waals surface area contributed by atoms with Crippen molar-refractivity contribution in [2.45, 2.75) is 33.7 Å². The monoisotopic (exact) mass is 369 g/mol. The first-order valence-electron chi connectivity index (χ1n) is 8.46. The molecule has 0 bridgehead atoms. The summed E-state index contributed by atoms with van der Waals surface area (Å²) in [4.78, 5) is 6.28. The number of nitriles is 2. The Balaban J connectivity index is 2.37. The minimum Gasteiger partial charge on any atom is -0.372 e. The van der Waals surface area contributed by atoms with Gasteiger partial charge in [-0.05, 0) is 38.5 Å². The van der Waals surface area contributed by atoms with Crippen LogP contribution in [0, 0.1) is 22.7 Å². The molecule has 0 amide bonds. The van der Waals surface area contributed by atoms with Crippen molar-refractivity contribution in [3.8, 4) is 12.1 Å². The predicted octanol–water partition coefficient (Wildman–Crippen LogP) is 4.95. The summed E-state index contributed by atoms with van der Waals surface area (Å²) in [6.07, 6.45) is 0.776. The van der Waals surface area contributed by atoms with Gasteiger partial charge in [0.25, 0.3) is 5.95 Å². The van der Waals surface area contributed by atoms with Crippen LogP contribution in [0.25, 0.3) is 0 Å². The molecule has 0 aliphatic rings. The van der Waals surface area contributed by atoms with E-state index in [0.29, 0.717) is 17.3 Å². The van der Waals surface area contributed by atoms with Gasteiger partial charge in [0.1, 0.15) is 17.8 Å². The number of benzene rings is 1. The highest BCUT2D eigenvalue weighted by atomic mass is 35.5. The van der Waals surface area contributed by atoms with Crippen molar-refractivity contribution in [1.29, 1.82) is 10.5 Å². The van der Waals surface area contributed by atoms with Crippen molar-refractivity contribution >= 4 is 28.9 Å². The minimum absolute atomic E-state index is 0.0536. The molecule has 0 saturated heterocycles. The van der Waals surface area contributed by atoms with Crippen LogP contribution in [0.4, 0.5) is 17.3 Å². The molecule has 1 heterocycles. The van der Waals surface area contributed by atoms with E-state index >= 15 is 0 Å². The van der Waals surface area contributed by atoms with Gasteiger partial charge in [0.05, 0.1) is 5.02 Å². The standard InChI is InChI=1S/C18H20ClN7/c1-4-9-26-17(12-21)16(11-20)22-18(26)24-23-15-8-7-13(10-14(15)19)25(5-2)6-3/h7-8,10H,4-6,9H2,1-3H3. The molecule has 0 atom stereocenters. The smallest absolute Gasteiger partial charge is 0.251 e. The van der Waals surface area contributed by atoms with E-state index in [9.17, 15) is 5.26 Å². The molecule has 2 aromatic rings. The summed E-state index contributed by atoms with van der Waals surface area (Å²) < 4.78 is 1.60. The van der Waals surface area contributed by atoms with Gasteiger partial charge in [-0.15, -0.1) is 10.2 Å². The van der Waals surface area contributed by atoms with E-state index < -0.39 is 0 Å². The van der Waals surface area contributed by atoms with E-state index in [-0.39, 0.29) is 17.3 Å². The highest BCUT2D eigenvalue weighted by molar-refractivity contribution is 6.33. The van der Waals surface area contributed by atoms with Gasteiger partial charge in [0, 0.05) is 25.3 Å². The fourth-order valence-corrected chi connectivity index (χ4v) is 2.82. The Kier molecular flexibility index (Phi) is 6.71. The molecule has 7 nitrogen and oxygen atoms in total. The van der Waals surface area contributed by atoms with Crippen molar-refractivity contribution in [2.75, 3.05) is 18.0 Å². The summed E-state index contributed by atoms with van der Waals surface area (Å²) >= 11 is 6.33. The summed E-state index contributed by atoms with van der Waals surface area (Å²) in [6, 6.07) is 9.51. The average Bonchev–Trinajstić information content (AvgIpc) is 2.99. The summed E-state index contributed by atoms with van der Waals surface area (Å²) in [7, 11) is 0. The van der Waals surface area contributed by atoms with E-state index in [0.717, 1.165) is 25.2 Å². The number of rotatable bonds is 7.